The molecule has 1 saturated carbocycles. The van der Waals surface area contributed by atoms with E-state index in [1.807, 2.05) is 18.5 Å². The van der Waals surface area contributed by atoms with Crippen LogP contribution in [-0.2, 0) is 9.59 Å². The van der Waals surface area contributed by atoms with Crippen LogP contribution in [0, 0.1) is 11.8 Å². The number of halogens is 2. The molecule has 1 fully saturated rings. The highest BCUT2D eigenvalue weighted by molar-refractivity contribution is 7.14. The van der Waals surface area contributed by atoms with E-state index in [0.29, 0.717) is 5.69 Å². The average molecular weight is 352 g/mol. The summed E-state index contributed by atoms with van der Waals surface area (Å²) < 4.78 is 26.7. The van der Waals surface area contributed by atoms with Crippen molar-refractivity contribution in [3.8, 4) is 10.4 Å². The minimum absolute atomic E-state index is 0.346. The molecule has 1 amide bonds. The monoisotopic (exact) mass is 352 g/mol. The number of anilines is 2. The molecule has 2 aromatic rings. The lowest BCUT2D eigenvalue weighted by molar-refractivity contribution is -0.141. The molecule has 126 valence electrons. The lowest BCUT2D eigenvalue weighted by Gasteiger charge is -2.07. The first-order chi connectivity index (χ1) is 11.4. The SMILES string of the molecule is CNc1ccsc1-c1ccc(NC(=O)C2C(C(=O)O)C2(F)F)cc1. The standard InChI is InChI=1S/C16H14F2N2O3S/c1-19-10-6-7-24-13(10)8-2-4-9(5-3-8)20-14(21)11-12(15(22)23)16(11,17)18/h2-7,11-12,19H,1H3,(H,20,21)(H,22,23). The molecule has 2 unspecified atom stereocenters. The molecule has 1 heterocycles. The first-order valence-corrected chi connectivity index (χ1v) is 8.01. The fraction of sp³-hybridized carbons (Fsp3) is 0.250. The van der Waals surface area contributed by atoms with E-state index in [9.17, 15) is 18.4 Å². The molecular weight excluding hydrogens is 338 g/mol. The van der Waals surface area contributed by atoms with Gasteiger partial charge in [-0.3, -0.25) is 9.59 Å². The topological polar surface area (TPSA) is 78.4 Å². The summed E-state index contributed by atoms with van der Waals surface area (Å²) in [6.07, 6.45) is 0. The molecule has 24 heavy (non-hydrogen) atoms. The van der Waals surface area contributed by atoms with Crippen LogP contribution in [-0.4, -0.2) is 30.0 Å². The van der Waals surface area contributed by atoms with E-state index in [1.54, 1.807) is 35.6 Å². The number of aliphatic carboxylic acids is 1. The number of carbonyl (C=O) groups is 2. The Bertz CT molecular complexity index is 789. The lowest BCUT2D eigenvalue weighted by atomic mass is 10.1. The Morgan fingerprint density at radius 2 is 1.83 bits per heavy atom. The summed E-state index contributed by atoms with van der Waals surface area (Å²) in [5, 5.41) is 16.1. The van der Waals surface area contributed by atoms with Gasteiger partial charge in [-0.1, -0.05) is 12.1 Å². The van der Waals surface area contributed by atoms with E-state index in [2.05, 4.69) is 10.6 Å². The van der Waals surface area contributed by atoms with E-state index in [4.69, 9.17) is 5.11 Å². The number of carboxylic acid groups (broad SMARTS) is 1. The molecule has 1 aromatic carbocycles. The third kappa shape index (κ3) is 2.73. The first-order valence-electron chi connectivity index (χ1n) is 7.13. The molecule has 1 aromatic heterocycles. The van der Waals surface area contributed by atoms with Crippen molar-refractivity contribution in [1.82, 2.24) is 0 Å². The highest BCUT2D eigenvalue weighted by Gasteiger charge is 2.75. The predicted molar refractivity (Wildman–Crippen MR) is 87.5 cm³/mol. The molecule has 0 saturated heterocycles. The number of amides is 1. The van der Waals surface area contributed by atoms with E-state index in [0.717, 1.165) is 16.1 Å². The van der Waals surface area contributed by atoms with Crippen LogP contribution in [0.2, 0.25) is 0 Å². The van der Waals surface area contributed by atoms with Crippen molar-refractivity contribution in [2.75, 3.05) is 17.7 Å². The number of thiophene rings is 1. The maximum atomic E-state index is 13.4. The number of carboxylic acids is 1. The average Bonchev–Trinajstić information content (AvgIpc) is 2.91. The van der Waals surface area contributed by atoms with Crippen LogP contribution in [0.15, 0.2) is 35.7 Å². The Hall–Kier alpha value is -2.48. The van der Waals surface area contributed by atoms with Crippen LogP contribution in [0.4, 0.5) is 20.2 Å². The second-order valence-corrected chi connectivity index (χ2v) is 6.36. The maximum Gasteiger partial charge on any atom is 0.313 e. The number of carbonyl (C=O) groups excluding carboxylic acids is 1. The van der Waals surface area contributed by atoms with Gasteiger partial charge in [-0.05, 0) is 29.1 Å². The van der Waals surface area contributed by atoms with E-state index in [1.165, 1.54) is 0 Å². The zero-order valence-corrected chi connectivity index (χ0v) is 13.4. The minimum Gasteiger partial charge on any atom is -0.481 e. The number of hydrogen-bond acceptors (Lipinski definition) is 4. The fourth-order valence-electron chi connectivity index (χ4n) is 2.61. The van der Waals surface area contributed by atoms with Gasteiger partial charge in [0.2, 0.25) is 5.91 Å². The van der Waals surface area contributed by atoms with Gasteiger partial charge in [-0.2, -0.15) is 0 Å². The van der Waals surface area contributed by atoms with Crippen LogP contribution >= 0.6 is 11.3 Å². The smallest absolute Gasteiger partial charge is 0.313 e. The highest BCUT2D eigenvalue weighted by Crippen LogP contribution is 2.55. The zero-order valence-electron chi connectivity index (χ0n) is 12.5. The predicted octanol–water partition coefficient (Wildman–Crippen LogP) is 3.36. The quantitative estimate of drug-likeness (QED) is 0.771. The molecule has 3 rings (SSSR count). The molecule has 1 aliphatic carbocycles. The number of alkyl halides is 2. The van der Waals surface area contributed by atoms with E-state index in [-0.39, 0.29) is 0 Å². The third-order valence-corrected chi connectivity index (χ3v) is 4.91. The second kappa shape index (κ2) is 5.86. The Morgan fingerprint density at radius 1 is 1.17 bits per heavy atom. The number of benzene rings is 1. The van der Waals surface area contributed by atoms with Gasteiger partial charge in [0.15, 0.2) is 0 Å². The van der Waals surface area contributed by atoms with Gasteiger partial charge in [0.1, 0.15) is 11.8 Å². The van der Waals surface area contributed by atoms with Crippen LogP contribution in [0.5, 0.6) is 0 Å². The van der Waals surface area contributed by atoms with Gasteiger partial charge in [-0.25, -0.2) is 8.78 Å². The molecule has 0 aliphatic heterocycles. The van der Waals surface area contributed by atoms with Crippen LogP contribution in [0.3, 0.4) is 0 Å². The first kappa shape index (κ1) is 16.4. The summed E-state index contributed by atoms with van der Waals surface area (Å²) in [6.45, 7) is 0. The van der Waals surface area contributed by atoms with Gasteiger partial charge >= 0.3 is 5.97 Å². The molecule has 1 aliphatic rings. The second-order valence-electron chi connectivity index (χ2n) is 5.45. The van der Waals surface area contributed by atoms with Crippen molar-refractivity contribution in [3.63, 3.8) is 0 Å². The van der Waals surface area contributed by atoms with E-state index < -0.39 is 29.6 Å². The van der Waals surface area contributed by atoms with E-state index >= 15 is 0 Å². The zero-order chi connectivity index (χ0) is 17.5. The molecule has 0 spiro atoms. The minimum atomic E-state index is -3.49. The van der Waals surface area contributed by atoms with Crippen LogP contribution in [0.25, 0.3) is 10.4 Å². The Labute approximate surface area is 140 Å². The molecular formula is C16H14F2N2O3S. The fourth-order valence-corrected chi connectivity index (χ4v) is 3.52. The van der Waals surface area contributed by atoms with Gasteiger partial charge < -0.3 is 15.7 Å². The summed E-state index contributed by atoms with van der Waals surface area (Å²) in [7, 11) is 1.81. The van der Waals surface area contributed by atoms with Gasteiger partial charge in [-0.15, -0.1) is 11.3 Å². The highest BCUT2D eigenvalue weighted by atomic mass is 32.1. The van der Waals surface area contributed by atoms with Crippen molar-refractivity contribution in [1.29, 1.82) is 0 Å². The summed E-state index contributed by atoms with van der Waals surface area (Å²) in [4.78, 5) is 23.6. The molecule has 2 atom stereocenters. The Balaban J connectivity index is 1.71. The Morgan fingerprint density at radius 3 is 2.38 bits per heavy atom. The largest absolute Gasteiger partial charge is 0.481 e. The van der Waals surface area contributed by atoms with Crippen molar-refractivity contribution in [2.24, 2.45) is 11.8 Å². The van der Waals surface area contributed by atoms with Crippen molar-refractivity contribution in [3.05, 3.63) is 35.7 Å². The van der Waals surface area contributed by atoms with Gasteiger partial charge in [0.05, 0.1) is 10.6 Å². The molecule has 0 bridgehead atoms. The molecule has 3 N–H and O–H groups in total. The maximum absolute atomic E-state index is 13.4. The summed E-state index contributed by atoms with van der Waals surface area (Å²) in [5.74, 6) is -9.89. The van der Waals surface area contributed by atoms with Gasteiger partial charge in [0.25, 0.3) is 5.92 Å². The van der Waals surface area contributed by atoms with Crippen molar-refractivity contribution in [2.45, 2.75) is 5.92 Å². The van der Waals surface area contributed by atoms with Crippen molar-refractivity contribution < 1.29 is 23.5 Å². The molecule has 0 radical (unpaired) electrons. The van der Waals surface area contributed by atoms with Crippen LogP contribution < -0.4 is 10.6 Å². The van der Waals surface area contributed by atoms with Gasteiger partial charge in [0, 0.05) is 12.7 Å². The molecule has 8 heteroatoms. The summed E-state index contributed by atoms with van der Waals surface area (Å²) in [5.41, 5.74) is 2.24. The lowest BCUT2D eigenvalue weighted by Crippen LogP contribution is -2.18. The summed E-state index contributed by atoms with van der Waals surface area (Å²) in [6, 6.07) is 8.67. The number of nitrogens with one attached hydrogen (secondary N) is 2. The third-order valence-electron chi connectivity index (χ3n) is 3.95. The van der Waals surface area contributed by atoms with Crippen LogP contribution in [0.1, 0.15) is 0 Å². The summed E-state index contributed by atoms with van der Waals surface area (Å²) >= 11 is 1.55. The normalized spacial score (nSPS) is 21.1. The molecule has 5 nitrogen and oxygen atoms in total. The Kier molecular flexibility index (Phi) is 4.00. The number of rotatable bonds is 5. The van der Waals surface area contributed by atoms with Crippen molar-refractivity contribution >= 4 is 34.6 Å². The number of hydrogen-bond donors (Lipinski definition) is 3.